The number of ether oxygens (including phenoxy) is 1. The smallest absolute Gasteiger partial charge is 0.404 e. The van der Waals surface area contributed by atoms with Gasteiger partial charge in [-0.25, -0.2) is 9.18 Å². The lowest BCUT2D eigenvalue weighted by atomic mass is 10.2. The van der Waals surface area contributed by atoms with Gasteiger partial charge < -0.3 is 21.5 Å². The van der Waals surface area contributed by atoms with Crippen LogP contribution in [0.25, 0.3) is 0 Å². The summed E-state index contributed by atoms with van der Waals surface area (Å²) in [5, 5.41) is 2.36. The Bertz CT molecular complexity index is 437. The van der Waals surface area contributed by atoms with Gasteiger partial charge in [0.2, 0.25) is 0 Å². The molecule has 0 atom stereocenters. The quantitative estimate of drug-likeness (QED) is 0.518. The fraction of sp³-hybridized carbons (Fsp3) is 0.200. The maximum Gasteiger partial charge on any atom is 0.404 e. The number of carbonyl (C=O) groups is 2. The molecule has 1 aromatic carbocycles. The molecule has 0 aliphatic rings. The number of halogens is 1. The Hall–Kier alpha value is -2.31. The molecule has 0 saturated heterocycles. The number of hydrogen-bond donors (Lipinski definition) is 3. The molecule has 0 fully saturated rings. The third-order valence-corrected chi connectivity index (χ3v) is 1.87. The van der Waals surface area contributed by atoms with Crippen LogP contribution in [0.2, 0.25) is 0 Å². The van der Waals surface area contributed by atoms with Crippen molar-refractivity contribution in [3.05, 3.63) is 29.6 Å². The molecule has 0 saturated carbocycles. The highest BCUT2D eigenvalue weighted by atomic mass is 19.1. The second-order valence-electron chi connectivity index (χ2n) is 3.16. The average Bonchev–Trinajstić information content (AvgIpc) is 2.23. The first-order valence-electron chi connectivity index (χ1n) is 4.76. The summed E-state index contributed by atoms with van der Waals surface area (Å²) in [6, 6.07) is 3.74. The molecule has 0 aliphatic heterocycles. The van der Waals surface area contributed by atoms with Crippen LogP contribution in [0.4, 0.5) is 14.9 Å². The van der Waals surface area contributed by atoms with Crippen molar-refractivity contribution in [3.63, 3.8) is 0 Å². The zero-order valence-electron chi connectivity index (χ0n) is 8.90. The van der Waals surface area contributed by atoms with Crippen LogP contribution in [-0.2, 0) is 4.74 Å². The summed E-state index contributed by atoms with van der Waals surface area (Å²) < 4.78 is 17.7. The highest BCUT2D eigenvalue weighted by Gasteiger charge is 2.11. The summed E-state index contributed by atoms with van der Waals surface area (Å²) in [7, 11) is 0. The van der Waals surface area contributed by atoms with Gasteiger partial charge in [-0.2, -0.15) is 0 Å². The van der Waals surface area contributed by atoms with E-state index in [9.17, 15) is 14.0 Å². The number of amides is 2. The van der Waals surface area contributed by atoms with Crippen LogP contribution in [0.1, 0.15) is 10.4 Å². The minimum Gasteiger partial charge on any atom is -0.448 e. The van der Waals surface area contributed by atoms with E-state index in [-0.39, 0.29) is 24.4 Å². The number of rotatable bonds is 4. The van der Waals surface area contributed by atoms with Gasteiger partial charge in [0.05, 0.1) is 12.1 Å². The highest BCUT2D eigenvalue weighted by molar-refractivity contribution is 5.94. The first-order valence-corrected chi connectivity index (χ1v) is 4.76. The normalized spacial score (nSPS) is 9.71. The molecule has 0 heterocycles. The molecule has 0 aliphatic carbocycles. The zero-order valence-corrected chi connectivity index (χ0v) is 8.90. The number of hydrogen-bond acceptors (Lipinski definition) is 4. The predicted octanol–water partition coefficient (Wildman–Crippen LogP) is 0.233. The van der Waals surface area contributed by atoms with E-state index in [1.807, 2.05) is 0 Å². The van der Waals surface area contributed by atoms with Gasteiger partial charge in [-0.15, -0.1) is 0 Å². The molecular formula is C10H12FN3O3. The molecule has 6 nitrogen and oxygen atoms in total. The Kier molecular flexibility index (Phi) is 4.27. The summed E-state index contributed by atoms with van der Waals surface area (Å²) in [5.74, 6) is -1.33. The molecule has 5 N–H and O–H groups in total. The molecule has 0 bridgehead atoms. The van der Waals surface area contributed by atoms with E-state index in [1.54, 1.807) is 0 Å². The largest absolute Gasteiger partial charge is 0.448 e. The molecule has 0 radical (unpaired) electrons. The number of carbonyl (C=O) groups excluding carboxylic acids is 2. The fourth-order valence-corrected chi connectivity index (χ4v) is 1.13. The van der Waals surface area contributed by atoms with E-state index >= 15 is 0 Å². The summed E-state index contributed by atoms with van der Waals surface area (Å²) in [6.07, 6.45) is -0.932. The van der Waals surface area contributed by atoms with Gasteiger partial charge >= 0.3 is 6.09 Å². The van der Waals surface area contributed by atoms with E-state index in [4.69, 9.17) is 11.5 Å². The van der Waals surface area contributed by atoms with Crippen LogP contribution >= 0.6 is 0 Å². The summed E-state index contributed by atoms with van der Waals surface area (Å²) >= 11 is 0. The molecule has 17 heavy (non-hydrogen) atoms. The van der Waals surface area contributed by atoms with Gasteiger partial charge in [0.25, 0.3) is 5.91 Å². The number of nitrogens with one attached hydrogen (secondary N) is 1. The topological polar surface area (TPSA) is 107 Å². The third kappa shape index (κ3) is 3.98. The Labute approximate surface area is 96.7 Å². The van der Waals surface area contributed by atoms with Gasteiger partial charge in [-0.3, -0.25) is 4.79 Å². The van der Waals surface area contributed by atoms with Crippen LogP contribution in [0.5, 0.6) is 0 Å². The van der Waals surface area contributed by atoms with Crippen molar-refractivity contribution >= 4 is 17.7 Å². The molecule has 7 heteroatoms. The predicted molar refractivity (Wildman–Crippen MR) is 58.7 cm³/mol. The number of nitrogens with two attached hydrogens (primary N) is 2. The molecule has 92 valence electrons. The van der Waals surface area contributed by atoms with Crippen LogP contribution in [-0.4, -0.2) is 25.2 Å². The van der Waals surface area contributed by atoms with Gasteiger partial charge in [0.1, 0.15) is 12.4 Å². The zero-order chi connectivity index (χ0) is 12.8. The second kappa shape index (κ2) is 5.69. The fourth-order valence-electron chi connectivity index (χ4n) is 1.13. The Morgan fingerprint density at radius 1 is 1.41 bits per heavy atom. The number of benzene rings is 1. The maximum absolute atomic E-state index is 13.3. The van der Waals surface area contributed by atoms with Crippen LogP contribution in [0, 0.1) is 5.82 Å². The molecule has 1 aromatic rings. The SMILES string of the molecule is NC(=O)OCCNC(=O)c1ccc(N)cc1F. The first-order chi connectivity index (χ1) is 8.00. The highest BCUT2D eigenvalue weighted by Crippen LogP contribution is 2.11. The van der Waals surface area contributed by atoms with E-state index in [2.05, 4.69) is 10.1 Å². The monoisotopic (exact) mass is 241 g/mol. The molecule has 0 aromatic heterocycles. The maximum atomic E-state index is 13.3. The van der Waals surface area contributed by atoms with Crippen molar-refractivity contribution in [3.8, 4) is 0 Å². The minimum atomic E-state index is -0.932. The van der Waals surface area contributed by atoms with Crippen molar-refractivity contribution in [2.24, 2.45) is 5.73 Å². The van der Waals surface area contributed by atoms with Crippen LogP contribution in [0.15, 0.2) is 18.2 Å². The Morgan fingerprint density at radius 2 is 2.12 bits per heavy atom. The lowest BCUT2D eigenvalue weighted by molar-refractivity contribution is 0.0933. The molecule has 0 unspecified atom stereocenters. The van der Waals surface area contributed by atoms with Crippen LogP contribution < -0.4 is 16.8 Å². The summed E-state index contributed by atoms with van der Waals surface area (Å²) in [4.78, 5) is 21.7. The summed E-state index contributed by atoms with van der Waals surface area (Å²) in [6.45, 7) is -0.0245. The van der Waals surface area contributed by atoms with Crippen molar-refractivity contribution in [2.45, 2.75) is 0 Å². The number of nitrogen functional groups attached to an aromatic ring is 1. The van der Waals surface area contributed by atoms with E-state index in [1.165, 1.54) is 12.1 Å². The number of primary amides is 1. The lowest BCUT2D eigenvalue weighted by Gasteiger charge is -2.06. The molecule has 1 rings (SSSR count). The van der Waals surface area contributed by atoms with E-state index < -0.39 is 17.8 Å². The van der Waals surface area contributed by atoms with Crippen molar-refractivity contribution in [2.75, 3.05) is 18.9 Å². The molecule has 0 spiro atoms. The van der Waals surface area contributed by atoms with Gasteiger partial charge in [0, 0.05) is 5.69 Å². The molecule has 2 amide bonds. The Balaban J connectivity index is 2.50. The van der Waals surface area contributed by atoms with Gasteiger partial charge in [0.15, 0.2) is 0 Å². The number of anilines is 1. The Morgan fingerprint density at radius 3 is 2.71 bits per heavy atom. The van der Waals surface area contributed by atoms with Gasteiger partial charge in [-0.05, 0) is 18.2 Å². The minimum absolute atomic E-state index is 0.0472. The van der Waals surface area contributed by atoms with E-state index in [0.29, 0.717) is 0 Å². The third-order valence-electron chi connectivity index (χ3n) is 1.87. The van der Waals surface area contributed by atoms with Crippen LogP contribution in [0.3, 0.4) is 0 Å². The van der Waals surface area contributed by atoms with E-state index in [0.717, 1.165) is 6.07 Å². The van der Waals surface area contributed by atoms with Crippen molar-refractivity contribution in [1.29, 1.82) is 0 Å². The standard InChI is InChI=1S/C10H12FN3O3/c11-8-5-6(12)1-2-7(8)9(15)14-3-4-17-10(13)16/h1-2,5H,3-4,12H2,(H2,13,16)(H,14,15). The lowest BCUT2D eigenvalue weighted by Crippen LogP contribution is -2.29. The van der Waals surface area contributed by atoms with Gasteiger partial charge in [-0.1, -0.05) is 0 Å². The van der Waals surface area contributed by atoms with Crippen molar-refractivity contribution < 1.29 is 18.7 Å². The first kappa shape index (κ1) is 12.8. The molecular weight excluding hydrogens is 229 g/mol. The van der Waals surface area contributed by atoms with Crippen molar-refractivity contribution in [1.82, 2.24) is 5.32 Å². The average molecular weight is 241 g/mol. The second-order valence-corrected chi connectivity index (χ2v) is 3.16. The summed E-state index contributed by atoms with van der Waals surface area (Å²) in [5.41, 5.74) is 10.2.